The van der Waals surface area contributed by atoms with Crippen molar-refractivity contribution in [2.24, 2.45) is 12.8 Å². The Labute approximate surface area is 96.0 Å². The maximum atomic E-state index is 11.3. The highest BCUT2D eigenvalue weighted by atomic mass is 16.1. The molecule has 0 bridgehead atoms. The van der Waals surface area contributed by atoms with Crippen molar-refractivity contribution >= 4 is 5.91 Å². The van der Waals surface area contributed by atoms with Crippen LogP contribution in [0.3, 0.4) is 0 Å². The second-order valence-electron chi connectivity index (χ2n) is 3.87. The smallest absolute Gasteiger partial charge is 0.220 e. The summed E-state index contributed by atoms with van der Waals surface area (Å²) in [5, 5.41) is 6.95. The van der Waals surface area contributed by atoms with Gasteiger partial charge in [-0.05, 0) is 31.4 Å². The molecule has 5 heteroatoms. The van der Waals surface area contributed by atoms with E-state index in [9.17, 15) is 4.79 Å². The van der Waals surface area contributed by atoms with Gasteiger partial charge in [-0.2, -0.15) is 5.10 Å². The number of aryl methyl sites for hydroxylation is 1. The fourth-order valence-electron chi connectivity index (χ4n) is 1.47. The molecule has 0 atom stereocenters. The molecule has 90 valence electrons. The lowest BCUT2D eigenvalue weighted by Crippen LogP contribution is -2.25. The van der Waals surface area contributed by atoms with Crippen LogP contribution in [0.4, 0.5) is 0 Å². The van der Waals surface area contributed by atoms with E-state index in [1.54, 1.807) is 4.68 Å². The van der Waals surface area contributed by atoms with Gasteiger partial charge in [-0.3, -0.25) is 9.48 Å². The highest BCUT2D eigenvalue weighted by Gasteiger charge is 2.01. The second kappa shape index (κ2) is 7.00. The van der Waals surface area contributed by atoms with Crippen LogP contribution in [-0.2, 0) is 18.3 Å². The summed E-state index contributed by atoms with van der Waals surface area (Å²) in [5.74, 6) is 0.109. The van der Waals surface area contributed by atoms with Gasteiger partial charge in [0.1, 0.15) is 0 Å². The van der Waals surface area contributed by atoms with Crippen molar-refractivity contribution in [1.29, 1.82) is 0 Å². The molecule has 0 saturated carbocycles. The highest BCUT2D eigenvalue weighted by molar-refractivity contribution is 5.75. The Morgan fingerprint density at radius 3 is 3.00 bits per heavy atom. The van der Waals surface area contributed by atoms with Crippen molar-refractivity contribution < 1.29 is 4.79 Å². The van der Waals surface area contributed by atoms with Crippen LogP contribution in [0.25, 0.3) is 0 Å². The molecule has 0 unspecified atom stereocenters. The molecule has 0 aromatic carbocycles. The summed E-state index contributed by atoms with van der Waals surface area (Å²) in [6.45, 7) is 1.33. The molecule has 5 nitrogen and oxygen atoms in total. The minimum Gasteiger partial charge on any atom is -0.356 e. The van der Waals surface area contributed by atoms with Gasteiger partial charge in [0.15, 0.2) is 0 Å². The summed E-state index contributed by atoms with van der Waals surface area (Å²) < 4.78 is 1.76. The summed E-state index contributed by atoms with van der Waals surface area (Å²) in [6, 6.07) is 0. The van der Waals surface area contributed by atoms with Gasteiger partial charge in [0, 0.05) is 26.2 Å². The standard InChI is InChI=1S/C11H20N4O/c1-15-9-10(8-14-15)5-7-13-11(16)4-2-3-6-12/h8-9H,2-7,12H2,1H3,(H,13,16). The largest absolute Gasteiger partial charge is 0.356 e. The topological polar surface area (TPSA) is 72.9 Å². The predicted molar refractivity (Wildman–Crippen MR) is 62.8 cm³/mol. The molecule has 3 N–H and O–H groups in total. The molecule has 16 heavy (non-hydrogen) atoms. The van der Waals surface area contributed by atoms with Crippen LogP contribution in [0, 0.1) is 0 Å². The number of unbranched alkanes of at least 4 members (excludes halogenated alkanes) is 1. The van der Waals surface area contributed by atoms with Crippen molar-refractivity contribution in [3.63, 3.8) is 0 Å². The van der Waals surface area contributed by atoms with Gasteiger partial charge in [0.05, 0.1) is 6.20 Å². The maximum absolute atomic E-state index is 11.3. The molecule has 1 amide bonds. The molecule has 1 heterocycles. The van der Waals surface area contributed by atoms with E-state index in [-0.39, 0.29) is 5.91 Å². The third-order valence-electron chi connectivity index (χ3n) is 2.35. The Bertz CT molecular complexity index is 322. The van der Waals surface area contributed by atoms with E-state index in [0.717, 1.165) is 24.8 Å². The maximum Gasteiger partial charge on any atom is 0.220 e. The first-order valence-corrected chi connectivity index (χ1v) is 5.66. The van der Waals surface area contributed by atoms with Gasteiger partial charge >= 0.3 is 0 Å². The number of amides is 1. The number of hydrogen-bond acceptors (Lipinski definition) is 3. The van der Waals surface area contributed by atoms with E-state index < -0.39 is 0 Å². The lowest BCUT2D eigenvalue weighted by atomic mass is 10.2. The van der Waals surface area contributed by atoms with Crippen LogP contribution in [0.1, 0.15) is 24.8 Å². The average molecular weight is 224 g/mol. The van der Waals surface area contributed by atoms with Gasteiger partial charge in [-0.15, -0.1) is 0 Å². The van der Waals surface area contributed by atoms with E-state index in [0.29, 0.717) is 19.5 Å². The molecule has 1 aromatic heterocycles. The third-order valence-corrected chi connectivity index (χ3v) is 2.35. The molecule has 0 aliphatic heterocycles. The summed E-state index contributed by atoms with van der Waals surface area (Å²) in [5.41, 5.74) is 6.50. The average Bonchev–Trinajstić information content (AvgIpc) is 2.65. The summed E-state index contributed by atoms with van der Waals surface area (Å²) >= 11 is 0. The molecular formula is C11H20N4O. The van der Waals surface area contributed by atoms with E-state index in [1.807, 2.05) is 19.4 Å². The van der Waals surface area contributed by atoms with Crippen molar-refractivity contribution in [2.45, 2.75) is 25.7 Å². The van der Waals surface area contributed by atoms with E-state index >= 15 is 0 Å². The Hall–Kier alpha value is -1.36. The van der Waals surface area contributed by atoms with Crippen molar-refractivity contribution in [3.8, 4) is 0 Å². The minimum atomic E-state index is 0.109. The van der Waals surface area contributed by atoms with Gasteiger partial charge in [-0.25, -0.2) is 0 Å². The molecule has 0 aliphatic carbocycles. The van der Waals surface area contributed by atoms with E-state index in [1.165, 1.54) is 0 Å². The van der Waals surface area contributed by atoms with Gasteiger partial charge in [0.25, 0.3) is 0 Å². The van der Waals surface area contributed by atoms with Gasteiger partial charge in [-0.1, -0.05) is 0 Å². The molecule has 1 rings (SSSR count). The van der Waals surface area contributed by atoms with Crippen molar-refractivity contribution in [2.75, 3.05) is 13.1 Å². The van der Waals surface area contributed by atoms with E-state index in [4.69, 9.17) is 5.73 Å². The zero-order chi connectivity index (χ0) is 11.8. The minimum absolute atomic E-state index is 0.109. The Kier molecular flexibility index (Phi) is 5.56. The predicted octanol–water partition coefficient (Wildman–Crippen LogP) is 0.208. The van der Waals surface area contributed by atoms with Crippen LogP contribution < -0.4 is 11.1 Å². The molecule has 0 aliphatic rings. The van der Waals surface area contributed by atoms with Crippen LogP contribution in [0.5, 0.6) is 0 Å². The molecule has 0 spiro atoms. The number of hydrogen-bond donors (Lipinski definition) is 2. The fourth-order valence-corrected chi connectivity index (χ4v) is 1.47. The first-order valence-electron chi connectivity index (χ1n) is 5.66. The van der Waals surface area contributed by atoms with Crippen LogP contribution in [0.2, 0.25) is 0 Å². The molecule has 1 aromatic rings. The van der Waals surface area contributed by atoms with Crippen molar-refractivity contribution in [3.05, 3.63) is 18.0 Å². The molecule has 0 saturated heterocycles. The summed E-state index contributed by atoms with van der Waals surface area (Å²) in [4.78, 5) is 11.3. The van der Waals surface area contributed by atoms with Gasteiger partial charge in [0.2, 0.25) is 5.91 Å². The second-order valence-corrected chi connectivity index (χ2v) is 3.87. The Morgan fingerprint density at radius 2 is 2.38 bits per heavy atom. The van der Waals surface area contributed by atoms with Crippen LogP contribution in [0.15, 0.2) is 12.4 Å². The number of nitrogens with two attached hydrogens (primary N) is 1. The van der Waals surface area contributed by atoms with E-state index in [2.05, 4.69) is 10.4 Å². The normalized spacial score (nSPS) is 10.4. The number of nitrogens with one attached hydrogen (secondary N) is 1. The first kappa shape index (κ1) is 12.7. The van der Waals surface area contributed by atoms with Crippen LogP contribution in [-0.4, -0.2) is 28.8 Å². The Morgan fingerprint density at radius 1 is 1.56 bits per heavy atom. The summed E-state index contributed by atoms with van der Waals surface area (Å²) in [7, 11) is 1.88. The number of nitrogens with zero attached hydrogens (tertiary/aromatic N) is 2. The van der Waals surface area contributed by atoms with Crippen molar-refractivity contribution in [1.82, 2.24) is 15.1 Å². The lowest BCUT2D eigenvalue weighted by molar-refractivity contribution is -0.121. The monoisotopic (exact) mass is 224 g/mol. The fraction of sp³-hybridized carbons (Fsp3) is 0.636. The summed E-state index contributed by atoms with van der Waals surface area (Å²) in [6.07, 6.45) is 6.97. The SMILES string of the molecule is Cn1cc(CCNC(=O)CCCCN)cn1. The number of carbonyl (C=O) groups excluding carboxylic acids is 1. The zero-order valence-corrected chi connectivity index (χ0v) is 9.78. The highest BCUT2D eigenvalue weighted by Crippen LogP contribution is 1.97. The number of rotatable bonds is 7. The molecule has 0 fully saturated rings. The molecule has 0 radical (unpaired) electrons. The first-order chi connectivity index (χ1) is 7.72. The number of carbonyl (C=O) groups is 1. The Balaban J connectivity index is 2.08. The number of aromatic nitrogens is 2. The van der Waals surface area contributed by atoms with Gasteiger partial charge < -0.3 is 11.1 Å². The quantitative estimate of drug-likeness (QED) is 0.650. The zero-order valence-electron chi connectivity index (χ0n) is 9.78. The third kappa shape index (κ3) is 4.93. The lowest BCUT2D eigenvalue weighted by Gasteiger charge is -2.03. The molecular weight excluding hydrogens is 204 g/mol. The van der Waals surface area contributed by atoms with Crippen LogP contribution >= 0.6 is 0 Å².